The molecular formula is C14H16F2N4. The quantitative estimate of drug-likeness (QED) is 0.853. The van der Waals surface area contributed by atoms with Gasteiger partial charge in [0.05, 0.1) is 0 Å². The largest absolute Gasteiger partial charge is 0.368 e. The maximum Gasteiger partial charge on any atom is 0.168 e. The molecule has 0 fully saturated rings. The van der Waals surface area contributed by atoms with Crippen molar-refractivity contribution >= 4 is 11.6 Å². The fourth-order valence-electron chi connectivity index (χ4n) is 1.76. The summed E-state index contributed by atoms with van der Waals surface area (Å²) in [5.74, 6) is -1.28. The van der Waals surface area contributed by atoms with E-state index >= 15 is 0 Å². The lowest BCUT2D eigenvalue weighted by atomic mass is 10.2. The standard InChI is InChI=1S/C14H16F2N4/c1-2-18-13-11(15)9-12(16)14(20-13)19-8-5-10-3-6-17-7-4-10/h3-4,6-7,9H,2,5,8H2,1H3,(H2,18,19,20). The van der Waals surface area contributed by atoms with Gasteiger partial charge in [0.1, 0.15) is 0 Å². The molecule has 0 atom stereocenters. The highest BCUT2D eigenvalue weighted by Crippen LogP contribution is 2.18. The second kappa shape index (κ2) is 6.79. The van der Waals surface area contributed by atoms with Crippen LogP contribution in [-0.4, -0.2) is 23.1 Å². The van der Waals surface area contributed by atoms with E-state index in [1.54, 1.807) is 12.4 Å². The van der Waals surface area contributed by atoms with Crippen LogP contribution < -0.4 is 10.6 Å². The van der Waals surface area contributed by atoms with Crippen molar-refractivity contribution in [2.75, 3.05) is 23.7 Å². The molecule has 0 saturated heterocycles. The topological polar surface area (TPSA) is 49.8 Å². The minimum Gasteiger partial charge on any atom is -0.368 e. The first-order valence-electron chi connectivity index (χ1n) is 6.43. The van der Waals surface area contributed by atoms with Crippen LogP contribution >= 0.6 is 0 Å². The van der Waals surface area contributed by atoms with Crippen molar-refractivity contribution in [3.63, 3.8) is 0 Å². The number of anilines is 2. The number of nitrogens with zero attached hydrogens (tertiary/aromatic N) is 2. The van der Waals surface area contributed by atoms with E-state index in [4.69, 9.17) is 0 Å². The predicted octanol–water partition coefficient (Wildman–Crippen LogP) is 2.84. The maximum atomic E-state index is 13.6. The van der Waals surface area contributed by atoms with Crippen molar-refractivity contribution in [2.45, 2.75) is 13.3 Å². The summed E-state index contributed by atoms with van der Waals surface area (Å²) in [6.07, 6.45) is 4.11. The molecule has 0 saturated carbocycles. The fraction of sp³-hybridized carbons (Fsp3) is 0.286. The summed E-state index contributed by atoms with van der Waals surface area (Å²) in [6, 6.07) is 4.61. The van der Waals surface area contributed by atoms with Crippen LogP contribution in [0.15, 0.2) is 30.6 Å². The van der Waals surface area contributed by atoms with Gasteiger partial charge in [-0.3, -0.25) is 4.98 Å². The Balaban J connectivity index is 2.00. The SMILES string of the molecule is CCNc1nc(NCCc2ccncc2)c(F)cc1F. The molecule has 0 aliphatic heterocycles. The normalized spacial score (nSPS) is 10.3. The van der Waals surface area contributed by atoms with Gasteiger partial charge in [-0.2, -0.15) is 0 Å². The highest BCUT2D eigenvalue weighted by Gasteiger charge is 2.10. The van der Waals surface area contributed by atoms with Crippen molar-refractivity contribution in [3.05, 3.63) is 47.8 Å². The van der Waals surface area contributed by atoms with Crippen molar-refractivity contribution < 1.29 is 8.78 Å². The van der Waals surface area contributed by atoms with Gasteiger partial charge in [-0.15, -0.1) is 0 Å². The molecule has 0 aliphatic rings. The van der Waals surface area contributed by atoms with Crippen molar-refractivity contribution in [1.29, 1.82) is 0 Å². The van der Waals surface area contributed by atoms with E-state index < -0.39 is 11.6 Å². The minimum absolute atomic E-state index is 0.0522. The van der Waals surface area contributed by atoms with Gasteiger partial charge in [-0.1, -0.05) is 0 Å². The number of rotatable bonds is 6. The van der Waals surface area contributed by atoms with E-state index in [1.165, 1.54) is 0 Å². The molecule has 0 aromatic carbocycles. The molecule has 4 nitrogen and oxygen atoms in total. The molecule has 106 valence electrons. The Morgan fingerprint density at radius 1 is 1.05 bits per heavy atom. The minimum atomic E-state index is -0.695. The summed E-state index contributed by atoms with van der Waals surface area (Å²) < 4.78 is 27.0. The Morgan fingerprint density at radius 3 is 2.35 bits per heavy atom. The predicted molar refractivity (Wildman–Crippen MR) is 74.7 cm³/mol. The van der Waals surface area contributed by atoms with Gasteiger partial charge in [0.25, 0.3) is 0 Å². The molecule has 0 radical (unpaired) electrons. The third-order valence-electron chi connectivity index (χ3n) is 2.73. The molecule has 0 amide bonds. The molecule has 2 aromatic heterocycles. The van der Waals surface area contributed by atoms with Crippen LogP contribution in [0.2, 0.25) is 0 Å². The highest BCUT2D eigenvalue weighted by atomic mass is 19.1. The maximum absolute atomic E-state index is 13.6. The van der Waals surface area contributed by atoms with Crippen LogP contribution in [0.25, 0.3) is 0 Å². The van der Waals surface area contributed by atoms with Crippen molar-refractivity contribution in [3.8, 4) is 0 Å². The molecule has 2 N–H and O–H groups in total. The van der Waals surface area contributed by atoms with Crippen LogP contribution in [0.5, 0.6) is 0 Å². The Bertz CT molecular complexity index is 561. The average molecular weight is 278 g/mol. The van der Waals surface area contributed by atoms with Crippen LogP contribution in [0.3, 0.4) is 0 Å². The Labute approximate surface area is 116 Å². The van der Waals surface area contributed by atoms with Gasteiger partial charge in [-0.05, 0) is 31.0 Å². The fourth-order valence-corrected chi connectivity index (χ4v) is 1.76. The van der Waals surface area contributed by atoms with E-state index in [1.807, 2.05) is 19.1 Å². The Kier molecular flexibility index (Phi) is 4.81. The third-order valence-corrected chi connectivity index (χ3v) is 2.73. The number of nitrogens with one attached hydrogen (secondary N) is 2. The third kappa shape index (κ3) is 3.63. The number of pyridine rings is 2. The summed E-state index contributed by atoms with van der Waals surface area (Å²) >= 11 is 0. The van der Waals surface area contributed by atoms with Gasteiger partial charge < -0.3 is 10.6 Å². The Hall–Kier alpha value is -2.24. The monoisotopic (exact) mass is 278 g/mol. The van der Waals surface area contributed by atoms with E-state index in [2.05, 4.69) is 20.6 Å². The van der Waals surface area contributed by atoms with E-state index in [9.17, 15) is 8.78 Å². The second-order valence-corrected chi connectivity index (χ2v) is 4.21. The molecule has 2 rings (SSSR count). The van der Waals surface area contributed by atoms with Crippen LogP contribution in [0, 0.1) is 11.6 Å². The second-order valence-electron chi connectivity index (χ2n) is 4.21. The van der Waals surface area contributed by atoms with Crippen LogP contribution in [-0.2, 0) is 6.42 Å². The van der Waals surface area contributed by atoms with Gasteiger partial charge in [0.15, 0.2) is 23.3 Å². The summed E-state index contributed by atoms with van der Waals surface area (Å²) in [5.41, 5.74) is 1.09. The van der Waals surface area contributed by atoms with Gasteiger partial charge in [-0.25, -0.2) is 13.8 Å². The molecule has 0 spiro atoms. The Morgan fingerprint density at radius 2 is 1.70 bits per heavy atom. The summed E-state index contributed by atoms with van der Waals surface area (Å²) in [6.45, 7) is 2.85. The first-order chi connectivity index (χ1) is 9.70. The molecule has 0 bridgehead atoms. The van der Waals surface area contributed by atoms with Crippen molar-refractivity contribution in [2.24, 2.45) is 0 Å². The first kappa shape index (κ1) is 14.2. The van der Waals surface area contributed by atoms with Gasteiger partial charge in [0.2, 0.25) is 0 Å². The van der Waals surface area contributed by atoms with E-state index in [-0.39, 0.29) is 11.6 Å². The summed E-state index contributed by atoms with van der Waals surface area (Å²) in [7, 11) is 0. The van der Waals surface area contributed by atoms with E-state index in [0.717, 1.165) is 11.6 Å². The molecule has 0 aliphatic carbocycles. The zero-order valence-electron chi connectivity index (χ0n) is 11.2. The molecule has 2 aromatic rings. The average Bonchev–Trinajstić information content (AvgIpc) is 2.45. The zero-order chi connectivity index (χ0) is 14.4. The zero-order valence-corrected chi connectivity index (χ0v) is 11.2. The smallest absolute Gasteiger partial charge is 0.168 e. The highest BCUT2D eigenvalue weighted by molar-refractivity contribution is 5.47. The van der Waals surface area contributed by atoms with E-state index in [0.29, 0.717) is 19.5 Å². The number of hydrogen-bond acceptors (Lipinski definition) is 4. The van der Waals surface area contributed by atoms with Gasteiger partial charge >= 0.3 is 0 Å². The molecular weight excluding hydrogens is 262 g/mol. The first-order valence-corrected chi connectivity index (χ1v) is 6.43. The molecule has 0 unspecified atom stereocenters. The number of aromatic nitrogens is 2. The molecule has 2 heterocycles. The molecule has 6 heteroatoms. The van der Waals surface area contributed by atoms with Crippen LogP contribution in [0.1, 0.15) is 12.5 Å². The van der Waals surface area contributed by atoms with Crippen molar-refractivity contribution in [1.82, 2.24) is 9.97 Å². The molecule has 20 heavy (non-hydrogen) atoms. The lowest BCUT2D eigenvalue weighted by Gasteiger charge is -2.10. The van der Waals surface area contributed by atoms with Crippen LogP contribution in [0.4, 0.5) is 20.4 Å². The summed E-state index contributed by atoms with van der Waals surface area (Å²) in [4.78, 5) is 7.83. The number of hydrogen-bond donors (Lipinski definition) is 2. The van der Waals surface area contributed by atoms with Gasteiger partial charge in [0, 0.05) is 31.5 Å². The summed E-state index contributed by atoms with van der Waals surface area (Å²) in [5, 5.41) is 5.62. The lowest BCUT2D eigenvalue weighted by molar-refractivity contribution is 0.578. The lowest BCUT2D eigenvalue weighted by Crippen LogP contribution is -2.11. The number of halogens is 2.